The van der Waals surface area contributed by atoms with Crippen molar-refractivity contribution >= 4 is 44.3 Å². The fourth-order valence-corrected chi connectivity index (χ4v) is 5.34. The van der Waals surface area contributed by atoms with Gasteiger partial charge < -0.3 is 9.73 Å². The normalized spacial score (nSPS) is 17.9. The van der Waals surface area contributed by atoms with Gasteiger partial charge >= 0.3 is 5.76 Å². The second-order valence-corrected chi connectivity index (χ2v) is 9.63. The summed E-state index contributed by atoms with van der Waals surface area (Å²) in [7, 11) is -2.29. The molecule has 0 saturated carbocycles. The molecule has 0 spiro atoms. The number of hydrogen-bond acceptors (Lipinski definition) is 5. The number of piperidine rings is 1. The number of sulfonamides is 1. The molecule has 8 nitrogen and oxygen atoms in total. The van der Waals surface area contributed by atoms with Crippen molar-refractivity contribution in [3.63, 3.8) is 0 Å². The second-order valence-electron chi connectivity index (χ2n) is 7.26. The van der Waals surface area contributed by atoms with Crippen molar-refractivity contribution in [2.75, 3.05) is 18.4 Å². The summed E-state index contributed by atoms with van der Waals surface area (Å²) in [6.07, 6.45) is 1.15. The molecule has 1 aliphatic rings. The Hall–Kier alpha value is -2.62. The van der Waals surface area contributed by atoms with Crippen molar-refractivity contribution < 1.29 is 17.6 Å². The first-order chi connectivity index (χ1) is 14.3. The lowest BCUT2D eigenvalue weighted by atomic mass is 9.99. The van der Waals surface area contributed by atoms with E-state index in [0.717, 1.165) is 0 Å². The number of fused-ring (bicyclic) bond motifs is 1. The van der Waals surface area contributed by atoms with Crippen LogP contribution in [0.4, 0.5) is 5.69 Å². The van der Waals surface area contributed by atoms with Gasteiger partial charge in [-0.25, -0.2) is 13.2 Å². The van der Waals surface area contributed by atoms with E-state index in [-0.39, 0.29) is 22.9 Å². The topological polar surface area (TPSA) is 102 Å². The highest BCUT2D eigenvalue weighted by molar-refractivity contribution is 7.89. The molecule has 4 rings (SSSR count). The number of oxazole rings is 1. The molecule has 0 unspecified atom stereocenters. The van der Waals surface area contributed by atoms with Gasteiger partial charge in [0.05, 0.1) is 16.3 Å². The molecule has 1 aromatic heterocycles. The van der Waals surface area contributed by atoms with E-state index in [4.69, 9.17) is 16.0 Å². The molecule has 2 aromatic carbocycles. The largest absolute Gasteiger partial charge is 0.419 e. The zero-order chi connectivity index (χ0) is 21.5. The average molecular weight is 450 g/mol. The van der Waals surface area contributed by atoms with E-state index in [1.54, 1.807) is 37.4 Å². The number of rotatable bonds is 4. The van der Waals surface area contributed by atoms with E-state index >= 15 is 0 Å². The van der Waals surface area contributed by atoms with E-state index in [1.165, 1.54) is 21.0 Å². The number of halogens is 1. The van der Waals surface area contributed by atoms with Crippen LogP contribution in [0.3, 0.4) is 0 Å². The van der Waals surface area contributed by atoms with E-state index < -0.39 is 21.7 Å². The van der Waals surface area contributed by atoms with Gasteiger partial charge in [0.25, 0.3) is 0 Å². The Morgan fingerprint density at radius 1 is 1.23 bits per heavy atom. The molecule has 1 amide bonds. The third-order valence-corrected chi connectivity index (χ3v) is 7.34. The van der Waals surface area contributed by atoms with Gasteiger partial charge in [0.15, 0.2) is 5.58 Å². The molecule has 3 aromatic rings. The Balaban J connectivity index is 1.54. The van der Waals surface area contributed by atoms with Gasteiger partial charge in [-0.1, -0.05) is 17.7 Å². The highest BCUT2D eigenvalue weighted by Crippen LogP contribution is 2.27. The number of anilines is 1. The number of hydrogen-bond donors (Lipinski definition) is 1. The number of benzene rings is 2. The Morgan fingerprint density at radius 2 is 2.03 bits per heavy atom. The predicted octanol–water partition coefficient (Wildman–Crippen LogP) is 2.82. The van der Waals surface area contributed by atoms with Crippen LogP contribution in [-0.2, 0) is 21.9 Å². The van der Waals surface area contributed by atoms with Crippen LogP contribution in [0.1, 0.15) is 12.8 Å². The quantitative estimate of drug-likeness (QED) is 0.659. The van der Waals surface area contributed by atoms with E-state index in [1.807, 2.05) is 0 Å². The van der Waals surface area contributed by atoms with Crippen LogP contribution in [0.25, 0.3) is 11.1 Å². The van der Waals surface area contributed by atoms with Crippen molar-refractivity contribution in [3.8, 4) is 0 Å². The van der Waals surface area contributed by atoms with Crippen LogP contribution in [-0.4, -0.2) is 36.3 Å². The summed E-state index contributed by atoms with van der Waals surface area (Å²) in [6, 6.07) is 11.1. The molecule has 1 fully saturated rings. The Bertz CT molecular complexity index is 1280. The predicted molar refractivity (Wildman–Crippen MR) is 113 cm³/mol. The molecule has 158 valence electrons. The van der Waals surface area contributed by atoms with E-state index in [0.29, 0.717) is 35.6 Å². The van der Waals surface area contributed by atoms with Crippen LogP contribution < -0.4 is 11.1 Å². The number of carbonyl (C=O) groups is 1. The SMILES string of the molecule is Cn1c(=O)oc2cc(S(=O)(=O)N3CCC[C@@H](C(=O)Nc4cccc(Cl)c4)C3)ccc21. The summed E-state index contributed by atoms with van der Waals surface area (Å²) in [5.41, 5.74) is 1.28. The van der Waals surface area contributed by atoms with Crippen LogP contribution in [0, 0.1) is 5.92 Å². The molecule has 0 bridgehead atoms. The molecular weight excluding hydrogens is 430 g/mol. The first kappa shape index (κ1) is 20.6. The van der Waals surface area contributed by atoms with Crippen molar-refractivity contribution in [2.24, 2.45) is 13.0 Å². The van der Waals surface area contributed by atoms with Crippen molar-refractivity contribution in [1.29, 1.82) is 0 Å². The summed E-state index contributed by atoms with van der Waals surface area (Å²) in [4.78, 5) is 24.4. The first-order valence-corrected chi connectivity index (χ1v) is 11.2. The van der Waals surface area contributed by atoms with Crippen LogP contribution in [0.2, 0.25) is 5.02 Å². The summed E-state index contributed by atoms with van der Waals surface area (Å²) >= 11 is 5.95. The standard InChI is InChI=1S/C20H20ClN3O5S/c1-23-17-8-7-16(11-18(17)29-20(23)26)30(27,28)24-9-3-4-13(12-24)19(25)22-15-6-2-5-14(21)10-15/h2,5-8,10-11,13H,3-4,9,12H2,1H3,(H,22,25)/t13-/m1/s1. The minimum Gasteiger partial charge on any atom is -0.408 e. The zero-order valence-corrected chi connectivity index (χ0v) is 17.7. The fourth-order valence-electron chi connectivity index (χ4n) is 3.61. The number of nitrogens with zero attached hydrogens (tertiary/aromatic N) is 2. The molecule has 30 heavy (non-hydrogen) atoms. The molecule has 1 N–H and O–H groups in total. The molecule has 1 aliphatic heterocycles. The second kappa shape index (κ2) is 7.90. The summed E-state index contributed by atoms with van der Waals surface area (Å²) in [6.45, 7) is 0.394. The van der Waals surface area contributed by atoms with Gasteiger partial charge in [-0.2, -0.15) is 4.31 Å². The number of carbonyl (C=O) groups excluding carboxylic acids is 1. The Labute approximate surface area is 178 Å². The molecule has 0 radical (unpaired) electrons. The zero-order valence-electron chi connectivity index (χ0n) is 16.2. The lowest BCUT2D eigenvalue weighted by Gasteiger charge is -2.31. The molecule has 10 heteroatoms. The highest BCUT2D eigenvalue weighted by atomic mass is 35.5. The molecular formula is C20H20ClN3O5S. The molecule has 2 heterocycles. The number of aromatic nitrogens is 1. The van der Waals surface area contributed by atoms with Crippen molar-refractivity contribution in [2.45, 2.75) is 17.7 Å². The summed E-state index contributed by atoms with van der Waals surface area (Å²) in [5, 5.41) is 3.30. The smallest absolute Gasteiger partial charge is 0.408 e. The van der Waals surface area contributed by atoms with Gasteiger partial charge in [0.2, 0.25) is 15.9 Å². The maximum absolute atomic E-state index is 13.1. The minimum atomic E-state index is -3.84. The molecule has 0 aliphatic carbocycles. The van der Waals surface area contributed by atoms with Crippen LogP contribution in [0.5, 0.6) is 0 Å². The fraction of sp³-hybridized carbons (Fsp3) is 0.300. The summed E-state index contributed by atoms with van der Waals surface area (Å²) < 4.78 is 34.0. The third kappa shape index (κ3) is 3.88. The van der Waals surface area contributed by atoms with Gasteiger partial charge in [0.1, 0.15) is 0 Å². The lowest BCUT2D eigenvalue weighted by molar-refractivity contribution is -0.120. The average Bonchev–Trinajstić information content (AvgIpc) is 3.01. The molecule has 1 saturated heterocycles. The van der Waals surface area contributed by atoms with Gasteiger partial charge in [0, 0.05) is 36.9 Å². The van der Waals surface area contributed by atoms with Gasteiger partial charge in [-0.15, -0.1) is 0 Å². The number of nitrogens with one attached hydrogen (secondary N) is 1. The van der Waals surface area contributed by atoms with Gasteiger partial charge in [-0.05, 0) is 43.2 Å². The Morgan fingerprint density at radius 3 is 2.80 bits per heavy atom. The van der Waals surface area contributed by atoms with Crippen molar-refractivity contribution in [3.05, 3.63) is 58.0 Å². The Kier molecular flexibility index (Phi) is 5.44. The highest BCUT2D eigenvalue weighted by Gasteiger charge is 2.33. The third-order valence-electron chi connectivity index (χ3n) is 5.25. The van der Waals surface area contributed by atoms with Crippen molar-refractivity contribution in [1.82, 2.24) is 8.87 Å². The first-order valence-electron chi connectivity index (χ1n) is 9.42. The van der Waals surface area contributed by atoms with E-state index in [2.05, 4.69) is 5.32 Å². The summed E-state index contributed by atoms with van der Waals surface area (Å²) in [5.74, 6) is -1.29. The number of amides is 1. The molecule has 1 atom stereocenters. The van der Waals surface area contributed by atoms with E-state index in [9.17, 15) is 18.0 Å². The van der Waals surface area contributed by atoms with Crippen LogP contribution >= 0.6 is 11.6 Å². The monoisotopic (exact) mass is 449 g/mol. The van der Waals surface area contributed by atoms with Gasteiger partial charge in [-0.3, -0.25) is 9.36 Å². The maximum Gasteiger partial charge on any atom is 0.419 e. The van der Waals surface area contributed by atoms with Crippen LogP contribution in [0.15, 0.2) is 56.6 Å². The lowest BCUT2D eigenvalue weighted by Crippen LogP contribution is -2.43. The minimum absolute atomic E-state index is 0.0280. The number of aryl methyl sites for hydroxylation is 1. The maximum atomic E-state index is 13.1.